The minimum Gasteiger partial charge on any atom is -0.395 e. The lowest BCUT2D eigenvalue weighted by Gasteiger charge is -2.29. The van der Waals surface area contributed by atoms with Crippen molar-refractivity contribution < 1.29 is 9.84 Å². The van der Waals surface area contributed by atoms with E-state index in [-0.39, 0.29) is 12.6 Å². The largest absolute Gasteiger partial charge is 0.395 e. The molecule has 1 fully saturated rings. The molecule has 1 aliphatic heterocycles. The fourth-order valence-corrected chi connectivity index (χ4v) is 1.04. The summed E-state index contributed by atoms with van der Waals surface area (Å²) in [6.45, 7) is 5.51. The van der Waals surface area contributed by atoms with Crippen LogP contribution in [-0.4, -0.2) is 49.1 Å². The highest BCUT2D eigenvalue weighted by molar-refractivity contribution is 4.61. The Labute approximate surface area is 67.1 Å². The van der Waals surface area contributed by atoms with Crippen LogP contribution in [0, 0.1) is 0 Å². The van der Waals surface area contributed by atoms with Crippen molar-refractivity contribution in [2.45, 2.75) is 13.0 Å². The number of ether oxygens (including phenoxy) is 1. The summed E-state index contributed by atoms with van der Waals surface area (Å²) in [6, 6.07) is 0.146. The van der Waals surface area contributed by atoms with Gasteiger partial charge in [0, 0.05) is 19.1 Å². The molecule has 0 aromatic carbocycles. The first kappa shape index (κ1) is 8.93. The summed E-state index contributed by atoms with van der Waals surface area (Å²) in [6.07, 6.45) is 0. The highest BCUT2D eigenvalue weighted by Gasteiger charge is 2.11. The third-order valence-electron chi connectivity index (χ3n) is 1.69. The molecule has 0 radical (unpaired) electrons. The predicted molar refractivity (Wildman–Crippen MR) is 42.1 cm³/mol. The summed E-state index contributed by atoms with van der Waals surface area (Å²) < 4.78 is 5.17. The Bertz CT molecular complexity index is 105. The monoisotopic (exact) mass is 160 g/mol. The minimum atomic E-state index is 0.146. The zero-order valence-corrected chi connectivity index (χ0v) is 6.92. The molecular weight excluding hydrogens is 144 g/mol. The Kier molecular flexibility index (Phi) is 3.79. The van der Waals surface area contributed by atoms with Gasteiger partial charge in [-0.3, -0.25) is 0 Å². The maximum absolute atomic E-state index is 8.75. The molecule has 4 nitrogen and oxygen atoms in total. The van der Waals surface area contributed by atoms with E-state index in [2.05, 4.69) is 10.4 Å². The number of hydrogen-bond acceptors (Lipinski definition) is 4. The molecule has 4 heteroatoms. The Morgan fingerprint density at radius 2 is 2.18 bits per heavy atom. The number of hydrogen-bond donors (Lipinski definition) is 2. The molecule has 0 aromatic rings. The van der Waals surface area contributed by atoms with Gasteiger partial charge in [-0.2, -0.15) is 0 Å². The number of aliphatic hydroxyl groups is 1. The van der Waals surface area contributed by atoms with Gasteiger partial charge < -0.3 is 9.84 Å². The summed E-state index contributed by atoms with van der Waals surface area (Å²) in [5.41, 5.74) is 3.17. The third-order valence-corrected chi connectivity index (χ3v) is 1.69. The van der Waals surface area contributed by atoms with Gasteiger partial charge >= 0.3 is 0 Å². The molecule has 0 saturated carbocycles. The maximum Gasteiger partial charge on any atom is 0.0608 e. The van der Waals surface area contributed by atoms with Crippen LogP contribution in [0.4, 0.5) is 0 Å². The van der Waals surface area contributed by atoms with Crippen LogP contribution >= 0.6 is 0 Å². The normalized spacial score (nSPS) is 23.5. The van der Waals surface area contributed by atoms with Crippen molar-refractivity contribution in [1.82, 2.24) is 10.4 Å². The molecule has 1 rings (SSSR count). The lowest BCUT2D eigenvalue weighted by atomic mass is 10.4. The highest BCUT2D eigenvalue weighted by Crippen LogP contribution is 1.93. The van der Waals surface area contributed by atoms with Gasteiger partial charge in [0.1, 0.15) is 0 Å². The van der Waals surface area contributed by atoms with Gasteiger partial charge in [-0.1, -0.05) is 0 Å². The molecule has 11 heavy (non-hydrogen) atoms. The molecule has 1 heterocycles. The summed E-state index contributed by atoms with van der Waals surface area (Å²) >= 11 is 0. The number of nitrogens with zero attached hydrogens (tertiary/aromatic N) is 1. The van der Waals surface area contributed by atoms with Crippen molar-refractivity contribution >= 4 is 0 Å². The number of hydrazine groups is 1. The third kappa shape index (κ3) is 3.16. The maximum atomic E-state index is 8.75. The van der Waals surface area contributed by atoms with Gasteiger partial charge in [0.25, 0.3) is 0 Å². The molecule has 1 saturated heterocycles. The van der Waals surface area contributed by atoms with E-state index in [1.165, 1.54) is 0 Å². The molecule has 66 valence electrons. The first-order valence-electron chi connectivity index (χ1n) is 4.02. The molecular formula is C7H16N2O2. The Hall–Kier alpha value is -0.160. The fraction of sp³-hybridized carbons (Fsp3) is 1.00. The van der Waals surface area contributed by atoms with E-state index >= 15 is 0 Å². The topological polar surface area (TPSA) is 44.7 Å². The average Bonchev–Trinajstić information content (AvgIpc) is 2.06. The van der Waals surface area contributed by atoms with Crippen molar-refractivity contribution in [3.8, 4) is 0 Å². The molecule has 0 aromatic heterocycles. The smallest absolute Gasteiger partial charge is 0.0608 e. The van der Waals surface area contributed by atoms with Gasteiger partial charge in [-0.05, 0) is 6.92 Å². The molecule has 0 bridgehead atoms. The zero-order chi connectivity index (χ0) is 8.10. The number of nitrogens with one attached hydrogen (secondary N) is 1. The highest BCUT2D eigenvalue weighted by atomic mass is 16.5. The Morgan fingerprint density at radius 1 is 1.55 bits per heavy atom. The van der Waals surface area contributed by atoms with Gasteiger partial charge in [0.05, 0.1) is 19.8 Å². The SMILES string of the molecule is CC(CO)NN1CCOCC1. The average molecular weight is 160 g/mol. The van der Waals surface area contributed by atoms with Crippen molar-refractivity contribution in [2.75, 3.05) is 32.9 Å². The van der Waals surface area contributed by atoms with E-state index in [4.69, 9.17) is 9.84 Å². The van der Waals surface area contributed by atoms with E-state index in [0.29, 0.717) is 0 Å². The summed E-state index contributed by atoms with van der Waals surface area (Å²) in [5.74, 6) is 0. The van der Waals surface area contributed by atoms with Crippen LogP contribution in [0.3, 0.4) is 0 Å². The van der Waals surface area contributed by atoms with E-state index in [9.17, 15) is 0 Å². The van der Waals surface area contributed by atoms with Crippen LogP contribution in [0.25, 0.3) is 0 Å². The van der Waals surface area contributed by atoms with Gasteiger partial charge in [0.2, 0.25) is 0 Å². The molecule has 1 atom stereocenters. The predicted octanol–water partition coefficient (Wildman–Crippen LogP) is -0.796. The summed E-state index contributed by atoms with van der Waals surface area (Å²) in [5, 5.41) is 10.8. The van der Waals surface area contributed by atoms with Crippen LogP contribution in [0.5, 0.6) is 0 Å². The van der Waals surface area contributed by atoms with Crippen LogP contribution in [0.2, 0.25) is 0 Å². The molecule has 1 unspecified atom stereocenters. The quantitative estimate of drug-likeness (QED) is 0.567. The first-order valence-corrected chi connectivity index (χ1v) is 4.02. The molecule has 1 aliphatic rings. The second-order valence-electron chi connectivity index (χ2n) is 2.81. The van der Waals surface area contributed by atoms with Crippen LogP contribution in [0.1, 0.15) is 6.92 Å². The van der Waals surface area contributed by atoms with Crippen LogP contribution < -0.4 is 5.43 Å². The van der Waals surface area contributed by atoms with Crippen molar-refractivity contribution in [1.29, 1.82) is 0 Å². The van der Waals surface area contributed by atoms with E-state index < -0.39 is 0 Å². The standard InChI is InChI=1S/C7H16N2O2/c1-7(6-10)8-9-2-4-11-5-3-9/h7-8,10H,2-6H2,1H3. The summed E-state index contributed by atoms with van der Waals surface area (Å²) in [7, 11) is 0. The van der Waals surface area contributed by atoms with Crippen molar-refractivity contribution in [3.63, 3.8) is 0 Å². The van der Waals surface area contributed by atoms with Gasteiger partial charge in [-0.15, -0.1) is 0 Å². The second-order valence-corrected chi connectivity index (χ2v) is 2.81. The second kappa shape index (κ2) is 4.66. The van der Waals surface area contributed by atoms with Gasteiger partial charge in [-0.25, -0.2) is 10.4 Å². The molecule has 0 aliphatic carbocycles. The molecule has 0 amide bonds. The van der Waals surface area contributed by atoms with E-state index in [1.807, 2.05) is 6.92 Å². The number of aliphatic hydroxyl groups excluding tert-OH is 1. The van der Waals surface area contributed by atoms with Gasteiger partial charge in [0.15, 0.2) is 0 Å². The fourth-order valence-electron chi connectivity index (χ4n) is 1.04. The lowest BCUT2D eigenvalue weighted by molar-refractivity contribution is 0.000183. The number of rotatable bonds is 3. The first-order chi connectivity index (χ1) is 5.33. The summed E-state index contributed by atoms with van der Waals surface area (Å²) in [4.78, 5) is 0. The van der Waals surface area contributed by atoms with Crippen LogP contribution in [0.15, 0.2) is 0 Å². The number of morpholine rings is 1. The van der Waals surface area contributed by atoms with Crippen molar-refractivity contribution in [3.05, 3.63) is 0 Å². The van der Waals surface area contributed by atoms with E-state index in [0.717, 1.165) is 26.3 Å². The van der Waals surface area contributed by atoms with Crippen molar-refractivity contribution in [2.24, 2.45) is 0 Å². The van der Waals surface area contributed by atoms with E-state index in [1.54, 1.807) is 0 Å². The lowest BCUT2D eigenvalue weighted by Crippen LogP contribution is -2.50. The van der Waals surface area contributed by atoms with Crippen LogP contribution in [-0.2, 0) is 4.74 Å². The Balaban J connectivity index is 2.13. The molecule has 0 spiro atoms. The Morgan fingerprint density at radius 3 is 2.73 bits per heavy atom. The molecule has 2 N–H and O–H groups in total. The minimum absolute atomic E-state index is 0.146. The zero-order valence-electron chi connectivity index (χ0n) is 6.92.